The summed E-state index contributed by atoms with van der Waals surface area (Å²) in [5.74, 6) is 0.0469. The van der Waals surface area contributed by atoms with E-state index in [0.717, 1.165) is 22.2 Å². The molecule has 5 aromatic rings. The maximum atomic E-state index is 13.3. The second-order valence-corrected chi connectivity index (χ2v) is 8.09. The van der Waals surface area contributed by atoms with Crippen molar-refractivity contribution in [1.82, 2.24) is 25.3 Å². The quantitative estimate of drug-likeness (QED) is 0.367. The van der Waals surface area contributed by atoms with Crippen molar-refractivity contribution in [3.63, 3.8) is 0 Å². The van der Waals surface area contributed by atoms with Gasteiger partial charge in [0.15, 0.2) is 0 Å². The lowest BCUT2D eigenvalue weighted by Gasteiger charge is -2.26. The molecule has 0 saturated carbocycles. The fourth-order valence-corrected chi connectivity index (χ4v) is 3.85. The molecule has 0 aliphatic carbocycles. The average Bonchev–Trinajstić information content (AvgIpc) is 3.49. The van der Waals surface area contributed by atoms with Crippen LogP contribution in [0.4, 0.5) is 4.39 Å². The first kappa shape index (κ1) is 22.3. The van der Waals surface area contributed by atoms with Crippen LogP contribution < -0.4 is 10.1 Å². The Morgan fingerprint density at radius 2 is 1.83 bits per heavy atom. The van der Waals surface area contributed by atoms with E-state index in [1.165, 1.54) is 12.1 Å². The summed E-state index contributed by atoms with van der Waals surface area (Å²) in [6.45, 7) is 3.47. The molecule has 0 saturated heterocycles. The first-order valence-corrected chi connectivity index (χ1v) is 11.0. The SMILES string of the molecule is Cc1nnc(C(=O)NC(C)C(Oc2ccc3c(cnn3-c3ccc(F)cc3)c2)c2ccccc2)o1. The average molecular weight is 471 g/mol. The third-order valence-corrected chi connectivity index (χ3v) is 5.53. The van der Waals surface area contributed by atoms with Gasteiger partial charge >= 0.3 is 11.8 Å². The van der Waals surface area contributed by atoms with E-state index in [1.807, 2.05) is 55.5 Å². The van der Waals surface area contributed by atoms with Crippen molar-refractivity contribution in [3.05, 3.63) is 102 Å². The molecule has 5 rings (SSSR count). The number of rotatable bonds is 7. The number of hydrogen-bond acceptors (Lipinski definition) is 6. The number of ether oxygens (including phenoxy) is 1. The molecule has 176 valence electrons. The van der Waals surface area contributed by atoms with E-state index in [1.54, 1.807) is 29.9 Å². The number of aryl methyl sites for hydroxylation is 1. The van der Waals surface area contributed by atoms with Crippen LogP contribution in [0.2, 0.25) is 0 Å². The molecule has 2 heterocycles. The molecule has 1 amide bonds. The number of halogens is 1. The molecule has 8 nitrogen and oxygen atoms in total. The Balaban J connectivity index is 1.41. The van der Waals surface area contributed by atoms with Gasteiger partial charge in [0, 0.05) is 12.3 Å². The second kappa shape index (κ2) is 9.38. The number of carbonyl (C=O) groups excluding carboxylic acids is 1. The van der Waals surface area contributed by atoms with Gasteiger partial charge in [0.2, 0.25) is 5.89 Å². The van der Waals surface area contributed by atoms with Crippen molar-refractivity contribution in [1.29, 1.82) is 0 Å². The van der Waals surface area contributed by atoms with Crippen LogP contribution in [-0.4, -0.2) is 31.9 Å². The minimum absolute atomic E-state index is 0.101. The largest absolute Gasteiger partial charge is 0.484 e. The molecule has 3 aromatic carbocycles. The van der Waals surface area contributed by atoms with Gasteiger partial charge in [-0.25, -0.2) is 9.07 Å². The van der Waals surface area contributed by atoms with Crippen molar-refractivity contribution in [2.75, 3.05) is 0 Å². The molecular weight excluding hydrogens is 449 g/mol. The first-order chi connectivity index (χ1) is 17.0. The summed E-state index contributed by atoms with van der Waals surface area (Å²) < 4.78 is 26.7. The third kappa shape index (κ3) is 4.74. The van der Waals surface area contributed by atoms with E-state index in [9.17, 15) is 9.18 Å². The van der Waals surface area contributed by atoms with E-state index in [-0.39, 0.29) is 11.7 Å². The highest BCUT2D eigenvalue weighted by Crippen LogP contribution is 2.29. The maximum Gasteiger partial charge on any atom is 0.309 e. The first-order valence-electron chi connectivity index (χ1n) is 11.0. The predicted molar refractivity (Wildman–Crippen MR) is 127 cm³/mol. The van der Waals surface area contributed by atoms with Gasteiger partial charge in [0.1, 0.15) is 17.7 Å². The Kier molecular flexibility index (Phi) is 5.97. The fraction of sp³-hybridized carbons (Fsp3) is 0.154. The maximum absolute atomic E-state index is 13.3. The lowest BCUT2D eigenvalue weighted by atomic mass is 10.0. The van der Waals surface area contributed by atoms with Gasteiger partial charge in [0.05, 0.1) is 23.4 Å². The molecule has 0 aliphatic rings. The monoisotopic (exact) mass is 471 g/mol. The van der Waals surface area contributed by atoms with E-state index >= 15 is 0 Å². The standard InChI is InChI=1S/C26H22FN5O3/c1-16(29-25(33)26-31-30-17(2)34-26)24(18-6-4-3-5-7-18)35-22-12-13-23-19(14-22)15-28-32(23)21-10-8-20(27)9-11-21/h3-16,24H,1-2H3,(H,29,33). The zero-order valence-corrected chi connectivity index (χ0v) is 19.1. The van der Waals surface area contributed by atoms with Crippen LogP contribution in [0.25, 0.3) is 16.6 Å². The van der Waals surface area contributed by atoms with Crippen LogP contribution in [-0.2, 0) is 0 Å². The minimum atomic E-state index is -0.492. The van der Waals surface area contributed by atoms with Gasteiger partial charge in [0.25, 0.3) is 0 Å². The smallest absolute Gasteiger partial charge is 0.309 e. The lowest BCUT2D eigenvalue weighted by Crippen LogP contribution is -2.39. The molecule has 0 bridgehead atoms. The number of hydrogen-bond donors (Lipinski definition) is 1. The van der Waals surface area contributed by atoms with E-state index in [4.69, 9.17) is 9.15 Å². The van der Waals surface area contributed by atoms with Gasteiger partial charge in [-0.15, -0.1) is 10.2 Å². The summed E-state index contributed by atoms with van der Waals surface area (Å²) in [5, 5.41) is 15.7. The Bertz CT molecular complexity index is 1460. The molecule has 1 N–H and O–H groups in total. The van der Waals surface area contributed by atoms with Crippen LogP contribution in [0.3, 0.4) is 0 Å². The van der Waals surface area contributed by atoms with Crippen molar-refractivity contribution in [2.24, 2.45) is 0 Å². The Labute approximate surface area is 200 Å². The molecule has 35 heavy (non-hydrogen) atoms. The number of aromatic nitrogens is 4. The summed E-state index contributed by atoms with van der Waals surface area (Å²) in [7, 11) is 0. The number of amides is 1. The van der Waals surface area contributed by atoms with Gasteiger partial charge in [-0.2, -0.15) is 5.10 Å². The summed E-state index contributed by atoms with van der Waals surface area (Å²) in [5.41, 5.74) is 2.50. The topological polar surface area (TPSA) is 95.1 Å². The van der Waals surface area contributed by atoms with Gasteiger partial charge in [-0.3, -0.25) is 4.79 Å². The molecule has 2 atom stereocenters. The van der Waals surface area contributed by atoms with Gasteiger partial charge in [-0.1, -0.05) is 30.3 Å². The molecule has 0 fully saturated rings. The minimum Gasteiger partial charge on any atom is -0.484 e. The van der Waals surface area contributed by atoms with Gasteiger partial charge in [-0.05, 0) is 55.0 Å². The number of benzene rings is 3. The summed E-state index contributed by atoms with van der Waals surface area (Å²) in [6, 6.07) is 21.0. The number of carbonyl (C=O) groups is 1. The molecule has 2 aromatic heterocycles. The highest BCUT2D eigenvalue weighted by Gasteiger charge is 2.25. The van der Waals surface area contributed by atoms with Crippen molar-refractivity contribution in [2.45, 2.75) is 26.0 Å². The molecule has 2 unspecified atom stereocenters. The zero-order valence-electron chi connectivity index (χ0n) is 19.1. The van der Waals surface area contributed by atoms with E-state index in [0.29, 0.717) is 11.6 Å². The third-order valence-electron chi connectivity index (χ3n) is 5.53. The van der Waals surface area contributed by atoms with Crippen molar-refractivity contribution in [3.8, 4) is 11.4 Å². The Morgan fingerprint density at radius 3 is 2.54 bits per heavy atom. The fourth-order valence-electron chi connectivity index (χ4n) is 3.85. The predicted octanol–water partition coefficient (Wildman–Crippen LogP) is 4.79. The van der Waals surface area contributed by atoms with E-state index < -0.39 is 18.1 Å². The van der Waals surface area contributed by atoms with Crippen LogP contribution in [0.15, 0.2) is 83.4 Å². The van der Waals surface area contributed by atoms with Crippen LogP contribution in [0.1, 0.15) is 35.2 Å². The second-order valence-electron chi connectivity index (χ2n) is 8.09. The molecule has 0 aliphatic heterocycles. The normalized spacial score (nSPS) is 12.9. The van der Waals surface area contributed by atoms with Crippen LogP contribution in [0, 0.1) is 12.7 Å². The lowest BCUT2D eigenvalue weighted by molar-refractivity contribution is 0.0846. The van der Waals surface area contributed by atoms with Crippen molar-refractivity contribution < 1.29 is 18.3 Å². The number of nitrogens with zero attached hydrogens (tertiary/aromatic N) is 4. The molecule has 0 spiro atoms. The number of nitrogens with one attached hydrogen (secondary N) is 1. The Hall–Kier alpha value is -4.53. The van der Waals surface area contributed by atoms with E-state index in [2.05, 4.69) is 20.6 Å². The van der Waals surface area contributed by atoms with Crippen molar-refractivity contribution >= 4 is 16.8 Å². The molecular formula is C26H22FN5O3. The molecule has 0 radical (unpaired) electrons. The summed E-state index contributed by atoms with van der Waals surface area (Å²) in [4.78, 5) is 12.6. The van der Waals surface area contributed by atoms with Gasteiger partial charge < -0.3 is 14.5 Å². The molecule has 9 heteroatoms. The summed E-state index contributed by atoms with van der Waals surface area (Å²) in [6.07, 6.45) is 1.24. The summed E-state index contributed by atoms with van der Waals surface area (Å²) >= 11 is 0. The van der Waals surface area contributed by atoms with Crippen LogP contribution in [0.5, 0.6) is 5.75 Å². The number of fused-ring (bicyclic) bond motifs is 1. The highest BCUT2D eigenvalue weighted by molar-refractivity contribution is 5.89. The van der Waals surface area contributed by atoms with Crippen LogP contribution >= 0.6 is 0 Å². The highest BCUT2D eigenvalue weighted by atomic mass is 19.1. The zero-order chi connectivity index (χ0) is 24.4. The Morgan fingerprint density at radius 1 is 1.06 bits per heavy atom.